The second-order valence-electron chi connectivity index (χ2n) is 6.35. The predicted octanol–water partition coefficient (Wildman–Crippen LogP) is 2.08. The molecule has 4 N–H and O–H groups in total. The number of carboxylic acid groups (broad SMARTS) is 1. The Morgan fingerprint density at radius 2 is 2.00 bits per heavy atom. The van der Waals surface area contributed by atoms with Gasteiger partial charge in [-0.25, -0.2) is 4.79 Å². The summed E-state index contributed by atoms with van der Waals surface area (Å²) in [7, 11) is 0. The number of carbonyl (C=O) groups is 2. The van der Waals surface area contributed by atoms with Crippen LogP contribution in [0, 0.1) is 0 Å². The van der Waals surface area contributed by atoms with E-state index in [1.807, 2.05) is 0 Å². The molecule has 0 aliphatic heterocycles. The van der Waals surface area contributed by atoms with Crippen LogP contribution in [0.1, 0.15) is 26.3 Å². The third kappa shape index (κ3) is 3.81. The molecule has 0 spiro atoms. The van der Waals surface area contributed by atoms with Gasteiger partial charge in [-0.1, -0.05) is 0 Å². The minimum Gasteiger partial charge on any atom is -0.508 e. The first kappa shape index (κ1) is 16.8. The second-order valence-corrected chi connectivity index (χ2v) is 6.35. The van der Waals surface area contributed by atoms with E-state index in [2.05, 4.69) is 0 Å². The SMILES string of the molecule is CC(C)(C)OC(=O)n1cc(C[C@H](N)C(=O)O)c2cc(O)ccc21. The Balaban J connectivity index is 2.50. The lowest BCUT2D eigenvalue weighted by atomic mass is 10.1. The summed E-state index contributed by atoms with van der Waals surface area (Å²) in [6.07, 6.45) is 0.954. The zero-order valence-electron chi connectivity index (χ0n) is 13.2. The van der Waals surface area contributed by atoms with Crippen LogP contribution < -0.4 is 5.73 Å². The summed E-state index contributed by atoms with van der Waals surface area (Å²) in [5, 5.41) is 19.2. The zero-order valence-corrected chi connectivity index (χ0v) is 13.2. The minimum atomic E-state index is -1.14. The third-order valence-electron chi connectivity index (χ3n) is 3.22. The molecule has 0 amide bonds. The molecule has 0 bridgehead atoms. The maximum Gasteiger partial charge on any atom is 0.419 e. The smallest absolute Gasteiger partial charge is 0.419 e. The number of carbonyl (C=O) groups excluding carboxylic acids is 1. The molecule has 1 heterocycles. The fraction of sp³-hybridized carbons (Fsp3) is 0.375. The maximum atomic E-state index is 12.3. The van der Waals surface area contributed by atoms with E-state index in [9.17, 15) is 14.7 Å². The molecule has 0 saturated heterocycles. The molecule has 1 aromatic heterocycles. The van der Waals surface area contributed by atoms with Crippen LogP contribution in [-0.4, -0.2) is 38.5 Å². The van der Waals surface area contributed by atoms with Gasteiger partial charge in [0, 0.05) is 18.0 Å². The number of hydrogen-bond donors (Lipinski definition) is 3. The first-order chi connectivity index (χ1) is 10.6. The lowest BCUT2D eigenvalue weighted by molar-refractivity contribution is -0.138. The quantitative estimate of drug-likeness (QED) is 0.797. The number of phenols is 1. The van der Waals surface area contributed by atoms with E-state index >= 15 is 0 Å². The van der Waals surface area contributed by atoms with Gasteiger partial charge in [-0.15, -0.1) is 0 Å². The molecule has 1 atom stereocenters. The molecule has 23 heavy (non-hydrogen) atoms. The zero-order chi connectivity index (χ0) is 17.4. The number of fused-ring (bicyclic) bond motifs is 1. The molecule has 0 aliphatic rings. The van der Waals surface area contributed by atoms with Crippen LogP contribution in [0.15, 0.2) is 24.4 Å². The molecule has 0 radical (unpaired) electrons. The number of nitrogens with zero attached hydrogens (tertiary/aromatic N) is 1. The molecule has 0 saturated carbocycles. The van der Waals surface area contributed by atoms with Gasteiger partial charge in [-0.3, -0.25) is 9.36 Å². The summed E-state index contributed by atoms with van der Waals surface area (Å²) in [5.41, 5.74) is 5.98. The Kier molecular flexibility index (Phi) is 4.33. The van der Waals surface area contributed by atoms with Gasteiger partial charge in [-0.05, 0) is 44.5 Å². The summed E-state index contributed by atoms with van der Waals surface area (Å²) in [4.78, 5) is 23.3. The van der Waals surface area contributed by atoms with Crippen molar-refractivity contribution >= 4 is 23.0 Å². The lowest BCUT2D eigenvalue weighted by Gasteiger charge is -2.19. The number of hydrogen-bond acceptors (Lipinski definition) is 5. The number of aromatic hydroxyl groups is 1. The highest BCUT2D eigenvalue weighted by atomic mass is 16.6. The van der Waals surface area contributed by atoms with E-state index in [-0.39, 0.29) is 12.2 Å². The highest BCUT2D eigenvalue weighted by Gasteiger charge is 2.22. The number of carboxylic acids is 1. The van der Waals surface area contributed by atoms with Crippen LogP contribution in [0.3, 0.4) is 0 Å². The molecule has 0 unspecified atom stereocenters. The molecular formula is C16H20N2O5. The van der Waals surface area contributed by atoms with Gasteiger partial charge in [0.05, 0.1) is 5.52 Å². The minimum absolute atomic E-state index is 0.0181. The van der Waals surface area contributed by atoms with Gasteiger partial charge in [0.25, 0.3) is 0 Å². The van der Waals surface area contributed by atoms with Crippen molar-refractivity contribution in [2.75, 3.05) is 0 Å². The van der Waals surface area contributed by atoms with E-state index in [1.165, 1.54) is 22.9 Å². The van der Waals surface area contributed by atoms with Crippen molar-refractivity contribution in [3.63, 3.8) is 0 Å². The van der Waals surface area contributed by atoms with E-state index in [0.29, 0.717) is 16.5 Å². The Morgan fingerprint density at radius 3 is 2.57 bits per heavy atom. The maximum absolute atomic E-state index is 12.3. The molecule has 7 nitrogen and oxygen atoms in total. The molecule has 2 aromatic rings. The van der Waals surface area contributed by atoms with Crippen LogP contribution in [0.4, 0.5) is 4.79 Å². The van der Waals surface area contributed by atoms with Crippen molar-refractivity contribution < 1.29 is 24.5 Å². The van der Waals surface area contributed by atoms with Gasteiger partial charge in [0.15, 0.2) is 0 Å². The Morgan fingerprint density at radius 1 is 1.35 bits per heavy atom. The van der Waals surface area contributed by atoms with Gasteiger partial charge in [-0.2, -0.15) is 0 Å². The molecule has 7 heteroatoms. The van der Waals surface area contributed by atoms with Crippen LogP contribution in [0.25, 0.3) is 10.9 Å². The fourth-order valence-corrected chi connectivity index (χ4v) is 2.24. The highest BCUT2D eigenvalue weighted by molar-refractivity contribution is 5.93. The topological polar surface area (TPSA) is 115 Å². The summed E-state index contributed by atoms with van der Waals surface area (Å²) in [6.45, 7) is 5.26. The molecule has 0 fully saturated rings. The third-order valence-corrected chi connectivity index (χ3v) is 3.22. The Bertz CT molecular complexity index is 758. The monoisotopic (exact) mass is 320 g/mol. The normalized spacial score (nSPS) is 13.0. The average Bonchev–Trinajstić information content (AvgIpc) is 2.75. The number of aromatic nitrogens is 1. The van der Waals surface area contributed by atoms with Gasteiger partial charge >= 0.3 is 12.1 Å². The largest absolute Gasteiger partial charge is 0.508 e. The summed E-state index contributed by atoms with van der Waals surface area (Å²) in [6, 6.07) is 3.39. The van der Waals surface area contributed by atoms with Gasteiger partial charge in [0.1, 0.15) is 17.4 Å². The van der Waals surface area contributed by atoms with Gasteiger partial charge < -0.3 is 20.7 Å². The lowest BCUT2D eigenvalue weighted by Crippen LogP contribution is -2.32. The predicted molar refractivity (Wildman–Crippen MR) is 84.6 cm³/mol. The van der Waals surface area contributed by atoms with Gasteiger partial charge in [0.2, 0.25) is 0 Å². The van der Waals surface area contributed by atoms with Crippen molar-refractivity contribution in [3.8, 4) is 5.75 Å². The second kappa shape index (κ2) is 5.92. The standard InChI is InChI=1S/C16H20N2O5/c1-16(2,3)23-15(22)18-8-9(6-12(17)14(20)21)11-7-10(19)4-5-13(11)18/h4-5,7-8,12,19H,6,17H2,1-3H3,(H,20,21)/t12-/m0/s1. The fourth-order valence-electron chi connectivity index (χ4n) is 2.24. The van der Waals surface area contributed by atoms with E-state index < -0.39 is 23.7 Å². The van der Waals surface area contributed by atoms with Crippen molar-refractivity contribution in [3.05, 3.63) is 30.0 Å². The average molecular weight is 320 g/mol. The first-order valence-corrected chi connectivity index (χ1v) is 7.13. The molecular weight excluding hydrogens is 300 g/mol. The van der Waals surface area contributed by atoms with E-state index in [0.717, 1.165) is 0 Å². The van der Waals surface area contributed by atoms with Crippen LogP contribution >= 0.6 is 0 Å². The Hall–Kier alpha value is -2.54. The molecule has 124 valence electrons. The summed E-state index contributed by atoms with van der Waals surface area (Å²) in [5.74, 6) is -1.12. The van der Waals surface area contributed by atoms with Crippen LogP contribution in [-0.2, 0) is 16.0 Å². The summed E-state index contributed by atoms with van der Waals surface area (Å²) < 4.78 is 6.64. The van der Waals surface area contributed by atoms with Crippen molar-refractivity contribution in [1.29, 1.82) is 0 Å². The van der Waals surface area contributed by atoms with Crippen LogP contribution in [0.5, 0.6) is 5.75 Å². The number of nitrogens with two attached hydrogens (primary N) is 1. The van der Waals surface area contributed by atoms with Crippen molar-refractivity contribution in [1.82, 2.24) is 4.57 Å². The van der Waals surface area contributed by atoms with Crippen molar-refractivity contribution in [2.45, 2.75) is 38.8 Å². The number of benzene rings is 1. The summed E-state index contributed by atoms with van der Waals surface area (Å²) >= 11 is 0. The van der Waals surface area contributed by atoms with Crippen molar-refractivity contribution in [2.24, 2.45) is 5.73 Å². The number of phenolic OH excluding ortho intramolecular Hbond substituents is 1. The molecule has 1 aromatic carbocycles. The molecule has 0 aliphatic carbocycles. The van der Waals surface area contributed by atoms with E-state index in [1.54, 1.807) is 26.8 Å². The number of aliphatic carboxylic acids is 1. The number of rotatable bonds is 3. The highest BCUT2D eigenvalue weighted by Crippen LogP contribution is 2.27. The first-order valence-electron chi connectivity index (χ1n) is 7.13. The molecule has 2 rings (SSSR count). The van der Waals surface area contributed by atoms with Crippen LogP contribution in [0.2, 0.25) is 0 Å². The van der Waals surface area contributed by atoms with E-state index in [4.69, 9.17) is 15.6 Å². The number of ether oxygens (including phenoxy) is 1. The Labute approximate surface area is 133 Å².